The van der Waals surface area contributed by atoms with Gasteiger partial charge >= 0.3 is 0 Å². The number of aliphatic hydroxyl groups excluding tert-OH is 1. The summed E-state index contributed by atoms with van der Waals surface area (Å²) in [6.07, 6.45) is 0.906. The van der Waals surface area contributed by atoms with Gasteiger partial charge in [0.1, 0.15) is 13.2 Å². The summed E-state index contributed by atoms with van der Waals surface area (Å²) in [4.78, 5) is 0. The van der Waals surface area contributed by atoms with Crippen molar-refractivity contribution < 1.29 is 14.6 Å². The predicted octanol–water partition coefficient (Wildman–Crippen LogP) is 1.32. The molecule has 1 aliphatic heterocycles. The van der Waals surface area contributed by atoms with Crippen LogP contribution in [0.25, 0.3) is 0 Å². The van der Waals surface area contributed by atoms with E-state index in [9.17, 15) is 0 Å². The number of rotatable bonds is 5. The lowest BCUT2D eigenvalue weighted by molar-refractivity contribution is 0.169. The lowest BCUT2D eigenvalue weighted by Gasteiger charge is -2.22. The molecule has 94 valence electrons. The maximum Gasteiger partial charge on any atom is 0.165 e. The minimum absolute atomic E-state index is 0.135. The van der Waals surface area contributed by atoms with Crippen molar-refractivity contribution in [2.24, 2.45) is 0 Å². The van der Waals surface area contributed by atoms with E-state index in [1.54, 1.807) is 0 Å². The number of aliphatic hydroxyl groups is 1. The van der Waals surface area contributed by atoms with Crippen molar-refractivity contribution in [1.82, 2.24) is 5.32 Å². The predicted molar refractivity (Wildman–Crippen MR) is 65.4 cm³/mol. The Hall–Kier alpha value is -1.26. The fraction of sp³-hybridized carbons (Fsp3) is 0.538. The van der Waals surface area contributed by atoms with E-state index in [0.717, 1.165) is 23.5 Å². The van der Waals surface area contributed by atoms with E-state index in [0.29, 0.717) is 19.8 Å². The van der Waals surface area contributed by atoms with Gasteiger partial charge in [-0.2, -0.15) is 0 Å². The molecule has 1 aromatic rings. The minimum atomic E-state index is 0.135. The second-order valence-corrected chi connectivity index (χ2v) is 4.11. The van der Waals surface area contributed by atoms with E-state index in [-0.39, 0.29) is 12.6 Å². The Morgan fingerprint density at radius 3 is 2.94 bits per heavy atom. The van der Waals surface area contributed by atoms with Gasteiger partial charge in [-0.25, -0.2) is 0 Å². The van der Waals surface area contributed by atoms with Crippen LogP contribution in [0.15, 0.2) is 18.2 Å². The van der Waals surface area contributed by atoms with Crippen LogP contribution < -0.4 is 14.8 Å². The van der Waals surface area contributed by atoms with Crippen LogP contribution in [0.2, 0.25) is 0 Å². The highest BCUT2D eigenvalue weighted by Crippen LogP contribution is 2.33. The molecule has 0 fully saturated rings. The van der Waals surface area contributed by atoms with Crippen molar-refractivity contribution in [2.45, 2.75) is 25.9 Å². The first-order valence-corrected chi connectivity index (χ1v) is 6.07. The molecule has 0 bridgehead atoms. The van der Waals surface area contributed by atoms with Gasteiger partial charge in [0.25, 0.3) is 0 Å². The van der Waals surface area contributed by atoms with Gasteiger partial charge in [-0.05, 0) is 12.5 Å². The van der Waals surface area contributed by atoms with E-state index < -0.39 is 0 Å². The first-order chi connectivity index (χ1) is 8.35. The lowest BCUT2D eigenvalue weighted by Crippen LogP contribution is -2.31. The fourth-order valence-electron chi connectivity index (χ4n) is 1.87. The fourth-order valence-corrected chi connectivity index (χ4v) is 1.87. The average Bonchev–Trinajstić information content (AvgIpc) is 2.40. The molecule has 4 heteroatoms. The number of hydrogen-bond donors (Lipinski definition) is 2. The first-order valence-electron chi connectivity index (χ1n) is 6.07. The standard InChI is InChI=1S/C13H19NO3/c1-2-11(9-15)14-8-10-4-3-5-12-13(10)17-7-6-16-12/h3-5,11,14-15H,2,6-9H2,1H3/t11-/m0/s1. The third-order valence-electron chi connectivity index (χ3n) is 2.94. The number of benzene rings is 1. The van der Waals surface area contributed by atoms with Crippen molar-refractivity contribution in [3.63, 3.8) is 0 Å². The molecule has 0 unspecified atom stereocenters. The molecule has 0 saturated heterocycles. The normalized spacial score (nSPS) is 15.6. The second-order valence-electron chi connectivity index (χ2n) is 4.11. The van der Waals surface area contributed by atoms with Gasteiger partial charge in [-0.3, -0.25) is 0 Å². The van der Waals surface area contributed by atoms with Crippen molar-refractivity contribution in [1.29, 1.82) is 0 Å². The summed E-state index contributed by atoms with van der Waals surface area (Å²) in [5, 5.41) is 12.4. The topological polar surface area (TPSA) is 50.7 Å². The van der Waals surface area contributed by atoms with Gasteiger partial charge in [0.2, 0.25) is 0 Å². The van der Waals surface area contributed by atoms with Crippen LogP contribution in [0.4, 0.5) is 0 Å². The third-order valence-corrected chi connectivity index (χ3v) is 2.94. The molecule has 1 aliphatic rings. The highest BCUT2D eigenvalue weighted by molar-refractivity contribution is 5.47. The zero-order valence-corrected chi connectivity index (χ0v) is 10.1. The molecule has 0 amide bonds. The molecule has 1 aromatic carbocycles. The Morgan fingerprint density at radius 1 is 1.35 bits per heavy atom. The van der Waals surface area contributed by atoms with Crippen LogP contribution in [0, 0.1) is 0 Å². The van der Waals surface area contributed by atoms with E-state index in [4.69, 9.17) is 14.6 Å². The molecule has 0 aliphatic carbocycles. The summed E-state index contributed by atoms with van der Waals surface area (Å²) in [7, 11) is 0. The van der Waals surface area contributed by atoms with Crippen molar-refractivity contribution in [3.05, 3.63) is 23.8 Å². The van der Waals surface area contributed by atoms with Crippen molar-refractivity contribution in [3.8, 4) is 11.5 Å². The Labute approximate surface area is 102 Å². The molecule has 2 N–H and O–H groups in total. The Bertz CT molecular complexity index is 364. The van der Waals surface area contributed by atoms with Gasteiger partial charge in [0, 0.05) is 18.2 Å². The summed E-state index contributed by atoms with van der Waals surface area (Å²) >= 11 is 0. The van der Waals surface area contributed by atoms with Gasteiger partial charge in [-0.1, -0.05) is 19.1 Å². The zero-order valence-electron chi connectivity index (χ0n) is 10.1. The maximum atomic E-state index is 9.12. The summed E-state index contributed by atoms with van der Waals surface area (Å²) in [5.74, 6) is 1.65. The molecule has 0 saturated carbocycles. The smallest absolute Gasteiger partial charge is 0.165 e. The Kier molecular flexibility index (Phi) is 4.23. The quantitative estimate of drug-likeness (QED) is 0.811. The summed E-state index contributed by atoms with van der Waals surface area (Å²) in [6, 6.07) is 6.03. The van der Waals surface area contributed by atoms with Crippen molar-refractivity contribution in [2.75, 3.05) is 19.8 Å². The van der Waals surface area contributed by atoms with Crippen LogP contribution in [0.5, 0.6) is 11.5 Å². The number of ether oxygens (including phenoxy) is 2. The van der Waals surface area contributed by atoms with Crippen LogP contribution in [-0.4, -0.2) is 31.0 Å². The summed E-state index contributed by atoms with van der Waals surface area (Å²) < 4.78 is 11.1. The summed E-state index contributed by atoms with van der Waals surface area (Å²) in [6.45, 7) is 4.10. The number of nitrogens with one attached hydrogen (secondary N) is 1. The van der Waals surface area contributed by atoms with Crippen molar-refractivity contribution >= 4 is 0 Å². The molecule has 2 rings (SSSR count). The molecule has 1 heterocycles. The molecular formula is C13H19NO3. The number of fused-ring (bicyclic) bond motifs is 1. The van der Waals surface area contributed by atoms with Gasteiger partial charge < -0.3 is 19.9 Å². The van der Waals surface area contributed by atoms with E-state index in [2.05, 4.69) is 5.32 Å². The van der Waals surface area contributed by atoms with Crippen LogP contribution in [0.3, 0.4) is 0 Å². The first kappa shape index (κ1) is 12.2. The monoisotopic (exact) mass is 237 g/mol. The second kappa shape index (κ2) is 5.89. The average molecular weight is 237 g/mol. The van der Waals surface area contributed by atoms with Gasteiger partial charge in [0.05, 0.1) is 6.61 Å². The molecule has 0 radical (unpaired) electrons. The van der Waals surface area contributed by atoms with E-state index in [1.807, 2.05) is 25.1 Å². The molecule has 0 spiro atoms. The molecule has 1 atom stereocenters. The number of para-hydroxylation sites is 1. The molecule has 0 aromatic heterocycles. The highest BCUT2D eigenvalue weighted by atomic mass is 16.6. The van der Waals surface area contributed by atoms with Gasteiger partial charge in [0.15, 0.2) is 11.5 Å². The largest absolute Gasteiger partial charge is 0.486 e. The van der Waals surface area contributed by atoms with Crippen LogP contribution in [0.1, 0.15) is 18.9 Å². The van der Waals surface area contributed by atoms with E-state index in [1.165, 1.54) is 0 Å². The van der Waals surface area contributed by atoms with Crippen LogP contribution >= 0.6 is 0 Å². The third kappa shape index (κ3) is 2.90. The van der Waals surface area contributed by atoms with E-state index >= 15 is 0 Å². The lowest BCUT2D eigenvalue weighted by atomic mass is 10.1. The molecule has 17 heavy (non-hydrogen) atoms. The molecule has 4 nitrogen and oxygen atoms in total. The Balaban J connectivity index is 2.05. The summed E-state index contributed by atoms with van der Waals surface area (Å²) in [5.41, 5.74) is 1.08. The SMILES string of the molecule is CC[C@@H](CO)NCc1cccc2c1OCCO2. The molecular weight excluding hydrogens is 218 g/mol. The van der Waals surface area contributed by atoms with Crippen LogP contribution in [-0.2, 0) is 6.54 Å². The highest BCUT2D eigenvalue weighted by Gasteiger charge is 2.15. The van der Waals surface area contributed by atoms with Gasteiger partial charge in [-0.15, -0.1) is 0 Å². The number of hydrogen-bond acceptors (Lipinski definition) is 4. The maximum absolute atomic E-state index is 9.12. The Morgan fingerprint density at radius 2 is 2.18 bits per heavy atom. The minimum Gasteiger partial charge on any atom is -0.486 e. The zero-order chi connectivity index (χ0) is 12.1.